The molecule has 1 aromatic heterocycles. The van der Waals surface area contributed by atoms with E-state index < -0.39 is 0 Å². The van der Waals surface area contributed by atoms with Crippen molar-refractivity contribution in [1.82, 2.24) is 10.3 Å². The van der Waals surface area contributed by atoms with E-state index in [9.17, 15) is 9.59 Å². The van der Waals surface area contributed by atoms with Crippen molar-refractivity contribution in [3.8, 4) is 0 Å². The van der Waals surface area contributed by atoms with Gasteiger partial charge in [-0.25, -0.2) is 0 Å². The van der Waals surface area contributed by atoms with Crippen LogP contribution in [0.2, 0.25) is 0 Å². The zero-order valence-electron chi connectivity index (χ0n) is 9.61. The summed E-state index contributed by atoms with van der Waals surface area (Å²) in [5.74, 6) is -0.339. The van der Waals surface area contributed by atoms with E-state index in [1.807, 2.05) is 0 Å². The number of pyridine rings is 1. The van der Waals surface area contributed by atoms with Crippen LogP contribution in [0.15, 0.2) is 23.1 Å². The molecule has 0 radical (unpaired) electrons. The summed E-state index contributed by atoms with van der Waals surface area (Å²) >= 11 is 0. The van der Waals surface area contributed by atoms with Crippen LogP contribution in [-0.2, 0) is 0 Å². The highest BCUT2D eigenvalue weighted by Gasteiger charge is 2.24. The number of aromatic amines is 1. The van der Waals surface area contributed by atoms with Crippen LogP contribution >= 0.6 is 0 Å². The van der Waals surface area contributed by atoms with Gasteiger partial charge in [-0.15, -0.1) is 0 Å². The Morgan fingerprint density at radius 3 is 2.88 bits per heavy atom. The quantitative estimate of drug-likeness (QED) is 0.692. The number of aromatic nitrogens is 1. The second-order valence-corrected chi connectivity index (χ2v) is 4.44. The summed E-state index contributed by atoms with van der Waals surface area (Å²) < 4.78 is 0. The molecule has 1 aliphatic rings. The summed E-state index contributed by atoms with van der Waals surface area (Å²) in [6.45, 7) is 0. The lowest BCUT2D eigenvalue weighted by molar-refractivity contribution is 0.0919. The van der Waals surface area contributed by atoms with Crippen LogP contribution in [0.5, 0.6) is 0 Å². The molecule has 4 N–H and O–H groups in total. The Morgan fingerprint density at radius 2 is 2.18 bits per heavy atom. The second kappa shape index (κ2) is 5.14. The number of nitrogens with two attached hydrogens (primary N) is 1. The van der Waals surface area contributed by atoms with E-state index in [1.54, 1.807) is 6.07 Å². The molecule has 0 saturated heterocycles. The normalized spacial score (nSPS) is 24.3. The first-order chi connectivity index (χ1) is 8.18. The minimum atomic E-state index is -0.366. The molecule has 1 fully saturated rings. The molecule has 0 bridgehead atoms. The maximum absolute atomic E-state index is 11.9. The van der Waals surface area contributed by atoms with E-state index in [0.717, 1.165) is 25.7 Å². The number of nitrogens with one attached hydrogen (secondary N) is 2. The van der Waals surface area contributed by atoms with Crippen molar-refractivity contribution in [2.24, 2.45) is 5.73 Å². The third-order valence-corrected chi connectivity index (χ3v) is 3.20. The first kappa shape index (κ1) is 11.9. The standard InChI is InChI=1S/C12H17N3O2/c13-9-5-1-2-6-10(9)15-12(17)8-4-3-7-14-11(8)16/h3-4,7,9-10H,1-2,5-6,13H2,(H,14,16)(H,15,17)/t9-,10-/m1/s1. The first-order valence-electron chi connectivity index (χ1n) is 5.92. The van der Waals surface area contributed by atoms with Crippen molar-refractivity contribution in [3.05, 3.63) is 34.2 Å². The van der Waals surface area contributed by atoms with Gasteiger partial charge in [-0.1, -0.05) is 12.8 Å². The largest absolute Gasteiger partial charge is 0.348 e. The van der Waals surface area contributed by atoms with Gasteiger partial charge in [0.1, 0.15) is 5.56 Å². The Balaban J connectivity index is 2.06. The number of carbonyl (C=O) groups excluding carboxylic acids is 1. The Bertz CT molecular complexity index is 455. The van der Waals surface area contributed by atoms with Crippen molar-refractivity contribution in [2.45, 2.75) is 37.8 Å². The van der Waals surface area contributed by atoms with Gasteiger partial charge in [-0.3, -0.25) is 9.59 Å². The van der Waals surface area contributed by atoms with Crippen LogP contribution in [0.3, 0.4) is 0 Å². The summed E-state index contributed by atoms with van der Waals surface area (Å²) in [5.41, 5.74) is 5.72. The summed E-state index contributed by atoms with van der Waals surface area (Å²) in [4.78, 5) is 25.8. The van der Waals surface area contributed by atoms with Crippen LogP contribution in [0.25, 0.3) is 0 Å². The lowest BCUT2D eigenvalue weighted by Gasteiger charge is -2.29. The molecule has 17 heavy (non-hydrogen) atoms. The molecule has 1 aromatic rings. The molecule has 2 atom stereocenters. The van der Waals surface area contributed by atoms with E-state index in [2.05, 4.69) is 10.3 Å². The van der Waals surface area contributed by atoms with E-state index >= 15 is 0 Å². The first-order valence-corrected chi connectivity index (χ1v) is 5.92. The van der Waals surface area contributed by atoms with E-state index in [4.69, 9.17) is 5.73 Å². The fourth-order valence-corrected chi connectivity index (χ4v) is 2.19. The van der Waals surface area contributed by atoms with E-state index in [0.29, 0.717) is 0 Å². The van der Waals surface area contributed by atoms with Gasteiger partial charge < -0.3 is 16.0 Å². The Hall–Kier alpha value is -1.62. The van der Waals surface area contributed by atoms with Crippen LogP contribution < -0.4 is 16.6 Å². The average molecular weight is 235 g/mol. The SMILES string of the molecule is N[C@@H]1CCCC[C@H]1NC(=O)c1ccc[nH]c1=O. The molecule has 0 aromatic carbocycles. The van der Waals surface area contributed by atoms with Gasteiger partial charge in [0.25, 0.3) is 11.5 Å². The molecule has 92 valence electrons. The van der Waals surface area contributed by atoms with Crippen LogP contribution in [0, 0.1) is 0 Å². The molecule has 0 aliphatic heterocycles. The van der Waals surface area contributed by atoms with Gasteiger partial charge in [0.05, 0.1) is 0 Å². The molecular formula is C12H17N3O2. The number of amides is 1. The van der Waals surface area contributed by atoms with Gasteiger partial charge in [0, 0.05) is 18.3 Å². The van der Waals surface area contributed by atoms with Crippen LogP contribution in [-0.4, -0.2) is 23.0 Å². The second-order valence-electron chi connectivity index (χ2n) is 4.44. The molecule has 1 aliphatic carbocycles. The van der Waals surface area contributed by atoms with Crippen molar-refractivity contribution >= 4 is 5.91 Å². The smallest absolute Gasteiger partial charge is 0.260 e. The zero-order valence-corrected chi connectivity index (χ0v) is 9.61. The number of hydrogen-bond donors (Lipinski definition) is 3. The highest BCUT2D eigenvalue weighted by molar-refractivity contribution is 5.93. The lowest BCUT2D eigenvalue weighted by atomic mass is 9.91. The molecular weight excluding hydrogens is 218 g/mol. The molecule has 2 rings (SSSR count). The van der Waals surface area contributed by atoms with E-state index in [1.165, 1.54) is 12.3 Å². The van der Waals surface area contributed by atoms with Crippen LogP contribution in [0.4, 0.5) is 0 Å². The van der Waals surface area contributed by atoms with Crippen molar-refractivity contribution < 1.29 is 4.79 Å². The number of carbonyl (C=O) groups is 1. The zero-order chi connectivity index (χ0) is 12.3. The number of rotatable bonds is 2. The lowest BCUT2D eigenvalue weighted by Crippen LogP contribution is -2.50. The molecule has 1 saturated carbocycles. The predicted molar refractivity (Wildman–Crippen MR) is 64.8 cm³/mol. The summed E-state index contributed by atoms with van der Waals surface area (Å²) in [5, 5.41) is 2.84. The fraction of sp³-hybridized carbons (Fsp3) is 0.500. The van der Waals surface area contributed by atoms with E-state index in [-0.39, 0.29) is 29.1 Å². The molecule has 5 heteroatoms. The van der Waals surface area contributed by atoms with Gasteiger partial charge in [0.2, 0.25) is 0 Å². The molecule has 1 heterocycles. The van der Waals surface area contributed by atoms with Crippen molar-refractivity contribution in [1.29, 1.82) is 0 Å². The predicted octanol–water partition coefficient (Wildman–Crippen LogP) is 0.375. The number of H-pyrrole nitrogens is 1. The van der Waals surface area contributed by atoms with Gasteiger partial charge >= 0.3 is 0 Å². The van der Waals surface area contributed by atoms with Gasteiger partial charge in [-0.05, 0) is 25.0 Å². The minimum Gasteiger partial charge on any atom is -0.348 e. The molecule has 1 amide bonds. The highest BCUT2D eigenvalue weighted by Crippen LogP contribution is 2.16. The maximum Gasteiger partial charge on any atom is 0.260 e. The summed E-state index contributed by atoms with van der Waals surface area (Å²) in [7, 11) is 0. The van der Waals surface area contributed by atoms with Crippen LogP contribution in [0.1, 0.15) is 36.0 Å². The van der Waals surface area contributed by atoms with Gasteiger partial charge in [-0.2, -0.15) is 0 Å². The topological polar surface area (TPSA) is 88.0 Å². The van der Waals surface area contributed by atoms with Crippen molar-refractivity contribution in [3.63, 3.8) is 0 Å². The number of hydrogen-bond acceptors (Lipinski definition) is 3. The molecule has 0 unspecified atom stereocenters. The maximum atomic E-state index is 11.9. The van der Waals surface area contributed by atoms with Crippen molar-refractivity contribution in [2.75, 3.05) is 0 Å². The highest BCUT2D eigenvalue weighted by atomic mass is 16.2. The fourth-order valence-electron chi connectivity index (χ4n) is 2.19. The summed E-state index contributed by atoms with van der Waals surface area (Å²) in [6.07, 6.45) is 5.50. The summed E-state index contributed by atoms with van der Waals surface area (Å²) in [6, 6.07) is 3.13. The average Bonchev–Trinajstić information content (AvgIpc) is 2.32. The van der Waals surface area contributed by atoms with Gasteiger partial charge in [0.15, 0.2) is 0 Å². The monoisotopic (exact) mass is 235 g/mol. The Morgan fingerprint density at radius 1 is 1.41 bits per heavy atom. The molecule has 0 spiro atoms. The molecule has 5 nitrogen and oxygen atoms in total. The third-order valence-electron chi connectivity index (χ3n) is 3.20. The third kappa shape index (κ3) is 2.74. The Labute approximate surface area is 99.4 Å². The minimum absolute atomic E-state index is 0.00417. The Kier molecular flexibility index (Phi) is 3.58.